The first-order valence-corrected chi connectivity index (χ1v) is 10.5. The molecule has 32 heavy (non-hydrogen) atoms. The Labute approximate surface area is 192 Å². The van der Waals surface area contributed by atoms with Crippen molar-refractivity contribution in [3.63, 3.8) is 0 Å². The van der Waals surface area contributed by atoms with Gasteiger partial charge in [-0.25, -0.2) is 0 Å². The van der Waals surface area contributed by atoms with Gasteiger partial charge in [-0.2, -0.15) is 0 Å². The highest BCUT2D eigenvalue weighted by Gasteiger charge is 2.35. The van der Waals surface area contributed by atoms with Crippen LogP contribution in [0.25, 0.3) is 11.8 Å². The minimum atomic E-state index is -0.513. The lowest BCUT2D eigenvalue weighted by Crippen LogP contribution is -2.54. The number of anilines is 1. The monoisotopic (exact) mass is 445 g/mol. The summed E-state index contributed by atoms with van der Waals surface area (Å²) in [6, 6.07) is 17.1. The van der Waals surface area contributed by atoms with Gasteiger partial charge in [-0.05, 0) is 87.1 Å². The number of hydrogen-bond donors (Lipinski definition) is 1. The summed E-state index contributed by atoms with van der Waals surface area (Å²) >= 11 is 5.33. The van der Waals surface area contributed by atoms with Gasteiger partial charge in [-0.15, -0.1) is 0 Å². The molecule has 2 aromatic carbocycles. The summed E-state index contributed by atoms with van der Waals surface area (Å²) in [7, 11) is 1.62. The van der Waals surface area contributed by atoms with Crippen molar-refractivity contribution >= 4 is 40.9 Å². The lowest BCUT2D eigenvalue weighted by molar-refractivity contribution is -0.122. The van der Waals surface area contributed by atoms with E-state index in [2.05, 4.69) is 5.32 Å². The highest BCUT2D eigenvalue weighted by molar-refractivity contribution is 7.80. The number of aromatic nitrogens is 1. The molecule has 7 heteroatoms. The minimum absolute atomic E-state index is 0.0198. The molecule has 0 unspecified atom stereocenters. The summed E-state index contributed by atoms with van der Waals surface area (Å²) < 4.78 is 7.21. The van der Waals surface area contributed by atoms with E-state index in [1.165, 1.54) is 4.90 Å². The number of hydrogen-bond acceptors (Lipinski definition) is 4. The molecule has 0 radical (unpaired) electrons. The largest absolute Gasteiger partial charge is 0.497 e. The van der Waals surface area contributed by atoms with Gasteiger partial charge in [-0.1, -0.05) is 17.7 Å². The van der Waals surface area contributed by atoms with Crippen LogP contribution in [0.5, 0.6) is 5.75 Å². The fraction of sp³-hybridized carbons (Fsp3) is 0.160. The van der Waals surface area contributed by atoms with Crippen molar-refractivity contribution in [1.82, 2.24) is 9.88 Å². The van der Waals surface area contributed by atoms with Crippen molar-refractivity contribution in [3.8, 4) is 11.4 Å². The van der Waals surface area contributed by atoms with Gasteiger partial charge in [0.1, 0.15) is 11.3 Å². The number of carbonyl (C=O) groups excluding carboxylic acids is 2. The topological polar surface area (TPSA) is 63.6 Å². The van der Waals surface area contributed by atoms with Crippen LogP contribution in [0.15, 0.2) is 60.2 Å². The summed E-state index contributed by atoms with van der Waals surface area (Å²) in [6.45, 7) is 5.86. The van der Waals surface area contributed by atoms with Crippen LogP contribution in [-0.4, -0.2) is 28.6 Å². The molecule has 1 aliphatic heterocycles. The minimum Gasteiger partial charge on any atom is -0.497 e. The molecule has 2 heterocycles. The molecule has 0 bridgehead atoms. The van der Waals surface area contributed by atoms with E-state index in [0.29, 0.717) is 11.4 Å². The molecule has 4 rings (SSSR count). The van der Waals surface area contributed by atoms with Crippen molar-refractivity contribution < 1.29 is 14.3 Å². The van der Waals surface area contributed by atoms with Crippen LogP contribution >= 0.6 is 12.2 Å². The Morgan fingerprint density at radius 2 is 1.69 bits per heavy atom. The van der Waals surface area contributed by atoms with Gasteiger partial charge in [0.05, 0.1) is 12.8 Å². The van der Waals surface area contributed by atoms with Crippen LogP contribution in [0.3, 0.4) is 0 Å². The molecular formula is C25H23N3O3S. The Morgan fingerprint density at radius 1 is 0.969 bits per heavy atom. The third-order valence-electron chi connectivity index (χ3n) is 5.42. The van der Waals surface area contributed by atoms with Crippen LogP contribution < -0.4 is 15.0 Å². The van der Waals surface area contributed by atoms with Crippen LogP contribution in [0.1, 0.15) is 22.5 Å². The van der Waals surface area contributed by atoms with Gasteiger partial charge in [0.25, 0.3) is 11.8 Å². The molecule has 162 valence electrons. The molecule has 0 saturated carbocycles. The first-order chi connectivity index (χ1) is 15.3. The van der Waals surface area contributed by atoms with E-state index in [9.17, 15) is 9.59 Å². The average molecular weight is 446 g/mol. The predicted octanol–water partition coefficient (Wildman–Crippen LogP) is 4.24. The maximum Gasteiger partial charge on any atom is 0.270 e. The fourth-order valence-corrected chi connectivity index (χ4v) is 4.11. The summed E-state index contributed by atoms with van der Waals surface area (Å²) in [5.41, 5.74) is 5.21. The maximum absolute atomic E-state index is 13.4. The van der Waals surface area contributed by atoms with E-state index in [1.807, 2.05) is 79.9 Å². The zero-order chi connectivity index (χ0) is 23.0. The first-order valence-electron chi connectivity index (χ1n) is 10.1. The number of aryl methyl sites for hydroxylation is 3. The number of thiocarbonyl (C=S) groups is 1. The Bertz CT molecular complexity index is 1270. The van der Waals surface area contributed by atoms with Crippen molar-refractivity contribution in [2.45, 2.75) is 20.8 Å². The Balaban J connectivity index is 1.77. The number of methoxy groups -OCH3 is 1. The van der Waals surface area contributed by atoms with Crippen LogP contribution in [-0.2, 0) is 9.59 Å². The zero-order valence-electron chi connectivity index (χ0n) is 18.3. The Kier molecular flexibility index (Phi) is 5.67. The Morgan fingerprint density at radius 3 is 2.34 bits per heavy atom. The summed E-state index contributed by atoms with van der Waals surface area (Å²) in [5.74, 6) is -0.218. The molecule has 1 aliphatic rings. The van der Waals surface area contributed by atoms with Gasteiger partial charge in [0.2, 0.25) is 0 Å². The summed E-state index contributed by atoms with van der Waals surface area (Å²) in [5, 5.41) is 2.73. The predicted molar refractivity (Wildman–Crippen MR) is 129 cm³/mol. The normalized spacial score (nSPS) is 15.3. The van der Waals surface area contributed by atoms with E-state index >= 15 is 0 Å². The number of nitrogens with zero attached hydrogens (tertiary/aromatic N) is 2. The molecule has 0 aliphatic carbocycles. The van der Waals surface area contributed by atoms with Crippen LogP contribution in [0.2, 0.25) is 0 Å². The van der Waals surface area contributed by atoms with E-state index in [0.717, 1.165) is 28.3 Å². The zero-order valence-corrected chi connectivity index (χ0v) is 19.1. The van der Waals surface area contributed by atoms with Gasteiger partial charge < -0.3 is 9.30 Å². The number of benzene rings is 2. The molecule has 2 amide bonds. The highest BCUT2D eigenvalue weighted by Crippen LogP contribution is 2.27. The van der Waals surface area contributed by atoms with E-state index in [-0.39, 0.29) is 10.7 Å². The molecule has 0 atom stereocenters. The average Bonchev–Trinajstić information content (AvgIpc) is 3.12. The number of nitrogens with one attached hydrogen (secondary N) is 1. The second-order valence-electron chi connectivity index (χ2n) is 7.68. The molecule has 0 spiro atoms. The quantitative estimate of drug-likeness (QED) is 0.371. The Hall–Kier alpha value is -3.71. The third-order valence-corrected chi connectivity index (χ3v) is 5.71. The van der Waals surface area contributed by atoms with Crippen molar-refractivity contribution in [2.75, 3.05) is 12.0 Å². The maximum atomic E-state index is 13.4. The van der Waals surface area contributed by atoms with Crippen molar-refractivity contribution in [2.24, 2.45) is 0 Å². The van der Waals surface area contributed by atoms with Gasteiger partial charge >= 0.3 is 0 Å². The first kappa shape index (κ1) is 21.5. The van der Waals surface area contributed by atoms with Crippen molar-refractivity contribution in [1.29, 1.82) is 0 Å². The highest BCUT2D eigenvalue weighted by atomic mass is 32.1. The molecule has 1 fully saturated rings. The van der Waals surface area contributed by atoms with Gasteiger partial charge in [-0.3, -0.25) is 19.8 Å². The second kappa shape index (κ2) is 8.43. The third kappa shape index (κ3) is 3.83. The van der Waals surface area contributed by atoms with E-state index in [1.54, 1.807) is 13.2 Å². The van der Waals surface area contributed by atoms with Crippen LogP contribution in [0.4, 0.5) is 5.69 Å². The van der Waals surface area contributed by atoms with Crippen LogP contribution in [0, 0.1) is 20.8 Å². The number of carbonyl (C=O) groups is 2. The van der Waals surface area contributed by atoms with Gasteiger partial charge in [0, 0.05) is 17.1 Å². The fourth-order valence-electron chi connectivity index (χ4n) is 3.84. The smallest absolute Gasteiger partial charge is 0.270 e. The summed E-state index contributed by atoms with van der Waals surface area (Å²) in [6.07, 6.45) is 1.60. The molecular weight excluding hydrogens is 422 g/mol. The standard InChI is InChI=1S/C25H23N3O3S/c1-15-5-12-22(16(2)13-15)28-24(30)21(23(29)26-25(28)32)14-19-7-6-17(3)27(19)18-8-10-20(31-4)11-9-18/h5-14H,1-4H3,(H,26,29,32)/b21-14+. The molecule has 3 aromatic rings. The van der Waals surface area contributed by atoms with E-state index < -0.39 is 11.8 Å². The SMILES string of the molecule is COc1ccc(-n2c(C)ccc2/C=C2\C(=O)NC(=S)N(c3ccc(C)cc3C)C2=O)cc1. The van der Waals surface area contributed by atoms with Crippen molar-refractivity contribution in [3.05, 3.63) is 82.7 Å². The second-order valence-corrected chi connectivity index (χ2v) is 8.07. The molecule has 1 saturated heterocycles. The lowest BCUT2D eigenvalue weighted by Gasteiger charge is -2.30. The van der Waals surface area contributed by atoms with Gasteiger partial charge in [0.15, 0.2) is 5.11 Å². The summed E-state index contributed by atoms with van der Waals surface area (Å²) in [4.78, 5) is 27.5. The number of amides is 2. The number of rotatable bonds is 4. The lowest BCUT2D eigenvalue weighted by atomic mass is 10.1. The van der Waals surface area contributed by atoms with E-state index in [4.69, 9.17) is 17.0 Å². The number of ether oxygens (including phenoxy) is 1. The molecule has 6 nitrogen and oxygen atoms in total. The molecule has 1 N–H and O–H groups in total. The molecule has 1 aromatic heterocycles.